The molecule has 1 N–H and O–H groups in total. The minimum atomic E-state index is 0.206. The second kappa shape index (κ2) is 5.43. The Morgan fingerprint density at radius 2 is 2.24 bits per heavy atom. The van der Waals surface area contributed by atoms with E-state index in [9.17, 15) is 0 Å². The molecule has 2 nitrogen and oxygen atoms in total. The lowest BCUT2D eigenvalue weighted by Gasteiger charge is -2.18. The summed E-state index contributed by atoms with van der Waals surface area (Å²) < 4.78 is 0. The lowest BCUT2D eigenvalue weighted by atomic mass is 9.99. The van der Waals surface area contributed by atoms with Crippen LogP contribution in [0.25, 0.3) is 0 Å². The summed E-state index contributed by atoms with van der Waals surface area (Å²) >= 11 is 1.79. The van der Waals surface area contributed by atoms with E-state index in [0.717, 1.165) is 12.1 Å². The van der Waals surface area contributed by atoms with Crippen LogP contribution in [0.5, 0.6) is 0 Å². The van der Waals surface area contributed by atoms with Gasteiger partial charge < -0.3 is 5.32 Å². The molecule has 2 rings (SSSR count). The van der Waals surface area contributed by atoms with Gasteiger partial charge in [0.05, 0.1) is 11.7 Å². The molecule has 0 aliphatic rings. The van der Waals surface area contributed by atoms with Crippen molar-refractivity contribution in [2.45, 2.75) is 26.3 Å². The predicted octanol–water partition coefficient (Wildman–Crippen LogP) is 3.32. The smallest absolute Gasteiger partial charge is 0.0762 e. The van der Waals surface area contributed by atoms with E-state index in [1.807, 2.05) is 19.3 Å². The molecule has 0 aromatic carbocycles. The third kappa shape index (κ3) is 2.40. The summed E-state index contributed by atoms with van der Waals surface area (Å²) in [5, 5.41) is 5.52. The molecule has 2 aromatic heterocycles. The summed E-state index contributed by atoms with van der Waals surface area (Å²) in [6, 6.07) is 6.57. The Morgan fingerprint density at radius 3 is 2.82 bits per heavy atom. The van der Waals surface area contributed by atoms with Gasteiger partial charge >= 0.3 is 0 Å². The van der Waals surface area contributed by atoms with Gasteiger partial charge in [-0.1, -0.05) is 13.0 Å². The zero-order chi connectivity index (χ0) is 12.3. The average molecular weight is 246 g/mol. The Bertz CT molecular complexity index is 490. The highest BCUT2D eigenvalue weighted by Crippen LogP contribution is 2.28. The maximum atomic E-state index is 4.56. The molecule has 90 valence electrons. The van der Waals surface area contributed by atoms with Crippen LogP contribution in [0.2, 0.25) is 0 Å². The largest absolute Gasteiger partial charge is 0.308 e. The molecule has 0 saturated heterocycles. The Balaban J connectivity index is 2.46. The molecule has 1 atom stereocenters. The van der Waals surface area contributed by atoms with Crippen molar-refractivity contribution in [2.75, 3.05) is 7.05 Å². The summed E-state index contributed by atoms with van der Waals surface area (Å²) in [4.78, 5) is 5.92. The van der Waals surface area contributed by atoms with Crippen LogP contribution >= 0.6 is 11.3 Å². The molecule has 17 heavy (non-hydrogen) atoms. The van der Waals surface area contributed by atoms with Crippen molar-refractivity contribution in [1.82, 2.24) is 10.3 Å². The first-order valence-electron chi connectivity index (χ1n) is 5.93. The minimum absolute atomic E-state index is 0.206. The van der Waals surface area contributed by atoms with Gasteiger partial charge in [-0.2, -0.15) is 0 Å². The zero-order valence-electron chi connectivity index (χ0n) is 10.5. The normalized spacial score (nSPS) is 12.6. The lowest BCUT2D eigenvalue weighted by molar-refractivity contribution is 0.661. The average Bonchev–Trinajstić information content (AvgIpc) is 2.78. The predicted molar refractivity (Wildman–Crippen MR) is 73.6 cm³/mol. The number of rotatable bonds is 4. The van der Waals surface area contributed by atoms with Crippen molar-refractivity contribution in [3.63, 3.8) is 0 Å². The maximum Gasteiger partial charge on any atom is 0.0762 e. The van der Waals surface area contributed by atoms with E-state index >= 15 is 0 Å². The molecule has 0 aliphatic heterocycles. The molecular weight excluding hydrogens is 228 g/mol. The Kier molecular flexibility index (Phi) is 3.92. The van der Waals surface area contributed by atoms with Crippen LogP contribution in [0.1, 0.15) is 34.7 Å². The van der Waals surface area contributed by atoms with Crippen LogP contribution < -0.4 is 5.32 Å². The molecule has 0 amide bonds. The van der Waals surface area contributed by atoms with Crippen LogP contribution in [-0.2, 0) is 6.42 Å². The first kappa shape index (κ1) is 12.3. The number of nitrogens with one attached hydrogen (secondary N) is 1. The van der Waals surface area contributed by atoms with Crippen LogP contribution in [0, 0.1) is 6.92 Å². The molecule has 0 spiro atoms. The fourth-order valence-corrected chi connectivity index (χ4v) is 2.88. The van der Waals surface area contributed by atoms with E-state index in [1.165, 1.54) is 16.0 Å². The first-order valence-corrected chi connectivity index (χ1v) is 6.81. The Hall–Kier alpha value is -1.19. The fraction of sp³-hybridized carbons (Fsp3) is 0.357. The summed E-state index contributed by atoms with van der Waals surface area (Å²) in [6.45, 7) is 4.34. The second-order valence-electron chi connectivity index (χ2n) is 4.06. The van der Waals surface area contributed by atoms with E-state index in [0.29, 0.717) is 0 Å². The van der Waals surface area contributed by atoms with Gasteiger partial charge in [0.25, 0.3) is 0 Å². The number of thiophene rings is 1. The highest BCUT2D eigenvalue weighted by atomic mass is 32.1. The minimum Gasteiger partial charge on any atom is -0.308 e. The number of aryl methyl sites for hydroxylation is 2. The second-order valence-corrected chi connectivity index (χ2v) is 5.18. The van der Waals surface area contributed by atoms with E-state index in [4.69, 9.17) is 0 Å². The molecule has 0 bridgehead atoms. The first-order chi connectivity index (χ1) is 8.27. The van der Waals surface area contributed by atoms with E-state index in [-0.39, 0.29) is 6.04 Å². The van der Waals surface area contributed by atoms with Crippen LogP contribution in [0.3, 0.4) is 0 Å². The van der Waals surface area contributed by atoms with Gasteiger partial charge in [-0.15, -0.1) is 11.3 Å². The highest BCUT2D eigenvalue weighted by molar-refractivity contribution is 7.10. The molecule has 0 radical (unpaired) electrons. The third-order valence-electron chi connectivity index (χ3n) is 3.08. The van der Waals surface area contributed by atoms with Crippen molar-refractivity contribution in [3.05, 3.63) is 51.5 Å². The van der Waals surface area contributed by atoms with Crippen LogP contribution in [0.15, 0.2) is 29.8 Å². The number of aromatic nitrogens is 1. The van der Waals surface area contributed by atoms with Gasteiger partial charge in [0.15, 0.2) is 0 Å². The number of nitrogens with zero attached hydrogens (tertiary/aromatic N) is 1. The molecule has 2 heterocycles. The summed E-state index contributed by atoms with van der Waals surface area (Å²) in [7, 11) is 2.00. The molecule has 1 unspecified atom stereocenters. The van der Waals surface area contributed by atoms with Crippen LogP contribution in [-0.4, -0.2) is 12.0 Å². The summed E-state index contributed by atoms with van der Waals surface area (Å²) in [5.41, 5.74) is 3.81. The van der Waals surface area contributed by atoms with Gasteiger partial charge in [0, 0.05) is 11.1 Å². The van der Waals surface area contributed by atoms with E-state index in [2.05, 4.69) is 41.7 Å². The van der Waals surface area contributed by atoms with E-state index < -0.39 is 0 Å². The van der Waals surface area contributed by atoms with Crippen molar-refractivity contribution >= 4 is 11.3 Å². The SMILES string of the molecule is CCc1cccnc1C(NC)c1ccsc1C. The standard InChI is InChI=1S/C14H18N2S/c1-4-11-6-5-8-16-13(11)14(15-3)12-7-9-17-10(12)2/h5-9,14-15H,4H2,1-3H3. The van der Waals surface area contributed by atoms with Gasteiger partial charge in [-0.3, -0.25) is 4.98 Å². The van der Waals surface area contributed by atoms with Gasteiger partial charge in [0.1, 0.15) is 0 Å². The van der Waals surface area contributed by atoms with Crippen molar-refractivity contribution in [1.29, 1.82) is 0 Å². The quantitative estimate of drug-likeness (QED) is 0.895. The lowest BCUT2D eigenvalue weighted by Crippen LogP contribution is -2.20. The Morgan fingerprint density at radius 1 is 1.41 bits per heavy atom. The van der Waals surface area contributed by atoms with Gasteiger partial charge in [0.2, 0.25) is 0 Å². The highest BCUT2D eigenvalue weighted by Gasteiger charge is 2.18. The van der Waals surface area contributed by atoms with Crippen molar-refractivity contribution < 1.29 is 0 Å². The molecular formula is C14H18N2S. The number of hydrogen-bond acceptors (Lipinski definition) is 3. The molecule has 3 heteroatoms. The van der Waals surface area contributed by atoms with Gasteiger partial charge in [-0.05, 0) is 49.0 Å². The number of pyridine rings is 1. The van der Waals surface area contributed by atoms with Crippen molar-refractivity contribution in [2.24, 2.45) is 0 Å². The summed E-state index contributed by atoms with van der Waals surface area (Å²) in [5.74, 6) is 0. The number of hydrogen-bond donors (Lipinski definition) is 1. The van der Waals surface area contributed by atoms with E-state index in [1.54, 1.807) is 11.3 Å². The fourth-order valence-electron chi connectivity index (χ4n) is 2.14. The zero-order valence-corrected chi connectivity index (χ0v) is 11.3. The van der Waals surface area contributed by atoms with Crippen molar-refractivity contribution in [3.8, 4) is 0 Å². The topological polar surface area (TPSA) is 24.9 Å². The molecule has 0 fully saturated rings. The Labute approximate surface area is 107 Å². The monoisotopic (exact) mass is 246 g/mol. The molecule has 0 aliphatic carbocycles. The maximum absolute atomic E-state index is 4.56. The molecule has 0 saturated carbocycles. The molecule has 2 aromatic rings. The summed E-state index contributed by atoms with van der Waals surface area (Å²) in [6.07, 6.45) is 2.89. The van der Waals surface area contributed by atoms with Gasteiger partial charge in [-0.25, -0.2) is 0 Å². The van der Waals surface area contributed by atoms with Crippen LogP contribution in [0.4, 0.5) is 0 Å². The third-order valence-corrected chi connectivity index (χ3v) is 3.94.